The summed E-state index contributed by atoms with van der Waals surface area (Å²) in [5.74, 6) is 0. The maximum atomic E-state index is 5.14. The molecular weight excluding hydrogens is 116 g/mol. The molecule has 0 saturated carbocycles. The minimum atomic E-state index is 0.285. The van der Waals surface area contributed by atoms with Crippen LogP contribution in [-0.4, -0.2) is 25.5 Å². The van der Waals surface area contributed by atoms with E-state index in [2.05, 4.69) is 24.5 Å². The Bertz CT molecular complexity index is 95.1. The minimum absolute atomic E-state index is 0.285. The zero-order valence-electron chi connectivity index (χ0n) is 6.14. The van der Waals surface area contributed by atoms with Crippen LogP contribution in [-0.2, 0) is 4.74 Å². The van der Waals surface area contributed by atoms with E-state index in [9.17, 15) is 0 Å². The van der Waals surface area contributed by atoms with E-state index in [1.807, 2.05) is 7.05 Å². The summed E-state index contributed by atoms with van der Waals surface area (Å²) in [6.07, 6.45) is 1.04. The van der Waals surface area contributed by atoms with E-state index in [0.29, 0.717) is 12.3 Å². The number of ether oxygens (including phenoxy) is 1. The molecule has 2 N–H and O–H groups in total. The molecule has 0 aromatic heterocycles. The molecule has 1 aliphatic rings. The first-order valence-electron chi connectivity index (χ1n) is 3.33. The number of rotatable bonds is 3. The van der Waals surface area contributed by atoms with E-state index in [0.717, 1.165) is 0 Å². The summed E-state index contributed by atoms with van der Waals surface area (Å²) in [4.78, 5) is 0. The highest BCUT2D eigenvalue weighted by Gasteiger charge is 2.34. The smallest absolute Gasteiger partial charge is 0.136 e. The van der Waals surface area contributed by atoms with Crippen molar-refractivity contribution in [2.24, 2.45) is 0 Å². The largest absolute Gasteiger partial charge is 0.353 e. The summed E-state index contributed by atoms with van der Waals surface area (Å²) in [6, 6.07) is 0. The van der Waals surface area contributed by atoms with E-state index in [1.54, 1.807) is 0 Å². The molecule has 1 saturated heterocycles. The molecule has 1 aliphatic heterocycles. The quantitative estimate of drug-likeness (QED) is 0.413. The Morgan fingerprint density at radius 2 is 2.11 bits per heavy atom. The molecule has 0 aromatic carbocycles. The SMILES string of the molecule is CNC(C)NC1OC1C. The first-order chi connectivity index (χ1) is 4.24. The molecule has 3 atom stereocenters. The molecule has 3 heteroatoms. The van der Waals surface area contributed by atoms with Crippen molar-refractivity contribution in [2.45, 2.75) is 32.3 Å². The molecule has 1 rings (SSSR count). The Hall–Kier alpha value is -0.120. The molecule has 0 bridgehead atoms. The summed E-state index contributed by atoms with van der Waals surface area (Å²) in [6.45, 7) is 4.12. The fourth-order valence-corrected chi connectivity index (χ4v) is 0.690. The average molecular weight is 130 g/mol. The highest BCUT2D eigenvalue weighted by atomic mass is 16.6. The Balaban J connectivity index is 2.05. The summed E-state index contributed by atoms with van der Waals surface area (Å²) in [5.41, 5.74) is 0. The van der Waals surface area contributed by atoms with Crippen molar-refractivity contribution in [3.8, 4) is 0 Å². The normalized spacial score (nSPS) is 36.3. The summed E-state index contributed by atoms with van der Waals surface area (Å²) < 4.78 is 5.14. The topological polar surface area (TPSA) is 36.6 Å². The van der Waals surface area contributed by atoms with Crippen molar-refractivity contribution in [1.29, 1.82) is 0 Å². The molecule has 0 spiro atoms. The Kier molecular flexibility index (Phi) is 2.05. The van der Waals surface area contributed by atoms with Crippen LogP contribution in [0.1, 0.15) is 13.8 Å². The lowest BCUT2D eigenvalue weighted by atomic mass is 10.4. The van der Waals surface area contributed by atoms with Gasteiger partial charge in [0.15, 0.2) is 0 Å². The first-order valence-corrected chi connectivity index (χ1v) is 3.33. The van der Waals surface area contributed by atoms with Gasteiger partial charge in [-0.05, 0) is 20.9 Å². The van der Waals surface area contributed by atoms with Crippen LogP contribution >= 0.6 is 0 Å². The summed E-state index contributed by atoms with van der Waals surface area (Å²) >= 11 is 0. The van der Waals surface area contributed by atoms with Crippen molar-refractivity contribution in [1.82, 2.24) is 10.6 Å². The first kappa shape index (κ1) is 6.99. The van der Waals surface area contributed by atoms with Crippen LogP contribution in [0.2, 0.25) is 0 Å². The molecule has 3 nitrogen and oxygen atoms in total. The second-order valence-corrected chi connectivity index (χ2v) is 2.44. The molecule has 0 amide bonds. The van der Waals surface area contributed by atoms with Gasteiger partial charge in [-0.25, -0.2) is 0 Å². The predicted octanol–water partition coefficient (Wildman–Crippen LogP) is -0.114. The van der Waals surface area contributed by atoms with E-state index in [-0.39, 0.29) is 6.23 Å². The molecule has 1 heterocycles. The summed E-state index contributed by atoms with van der Waals surface area (Å²) in [7, 11) is 1.92. The van der Waals surface area contributed by atoms with Gasteiger partial charge in [0, 0.05) is 0 Å². The fraction of sp³-hybridized carbons (Fsp3) is 1.00. The third kappa shape index (κ3) is 1.93. The maximum Gasteiger partial charge on any atom is 0.136 e. The Morgan fingerprint density at radius 1 is 1.56 bits per heavy atom. The molecule has 0 radical (unpaired) electrons. The molecule has 0 aliphatic carbocycles. The number of hydrogen-bond acceptors (Lipinski definition) is 3. The van der Waals surface area contributed by atoms with Gasteiger partial charge in [-0.3, -0.25) is 5.32 Å². The van der Waals surface area contributed by atoms with Gasteiger partial charge in [0.05, 0.1) is 12.3 Å². The van der Waals surface area contributed by atoms with Gasteiger partial charge < -0.3 is 10.1 Å². The molecule has 9 heavy (non-hydrogen) atoms. The van der Waals surface area contributed by atoms with Crippen LogP contribution in [0.5, 0.6) is 0 Å². The molecular formula is C6H14N2O. The monoisotopic (exact) mass is 130 g/mol. The van der Waals surface area contributed by atoms with Gasteiger partial charge in [0.25, 0.3) is 0 Å². The molecule has 0 aromatic rings. The lowest BCUT2D eigenvalue weighted by Gasteiger charge is -2.08. The van der Waals surface area contributed by atoms with Crippen LogP contribution in [0.15, 0.2) is 0 Å². The van der Waals surface area contributed by atoms with E-state index >= 15 is 0 Å². The fourth-order valence-electron chi connectivity index (χ4n) is 0.690. The van der Waals surface area contributed by atoms with Gasteiger partial charge in [-0.15, -0.1) is 0 Å². The zero-order valence-corrected chi connectivity index (χ0v) is 6.14. The van der Waals surface area contributed by atoms with E-state index in [1.165, 1.54) is 0 Å². The van der Waals surface area contributed by atoms with Gasteiger partial charge in [0.1, 0.15) is 6.23 Å². The maximum absolute atomic E-state index is 5.14. The lowest BCUT2D eigenvalue weighted by Crippen LogP contribution is -2.39. The van der Waals surface area contributed by atoms with Gasteiger partial charge in [-0.2, -0.15) is 0 Å². The predicted molar refractivity (Wildman–Crippen MR) is 36.0 cm³/mol. The molecule has 1 fully saturated rings. The van der Waals surface area contributed by atoms with Crippen molar-refractivity contribution >= 4 is 0 Å². The van der Waals surface area contributed by atoms with E-state index in [4.69, 9.17) is 4.74 Å². The van der Waals surface area contributed by atoms with Crippen LogP contribution in [0, 0.1) is 0 Å². The van der Waals surface area contributed by atoms with Gasteiger partial charge >= 0.3 is 0 Å². The Labute approximate surface area is 55.8 Å². The highest BCUT2D eigenvalue weighted by molar-refractivity contribution is 4.79. The standard InChI is InChI=1S/C6H14N2O/c1-4-6(9-4)8-5(2)7-3/h4-8H,1-3H3. The van der Waals surface area contributed by atoms with Gasteiger partial charge in [-0.1, -0.05) is 0 Å². The van der Waals surface area contributed by atoms with Crippen LogP contribution in [0.25, 0.3) is 0 Å². The number of nitrogens with one attached hydrogen (secondary N) is 2. The highest BCUT2D eigenvalue weighted by Crippen LogP contribution is 2.17. The van der Waals surface area contributed by atoms with Crippen molar-refractivity contribution < 1.29 is 4.74 Å². The average Bonchev–Trinajstić information content (AvgIpc) is 2.47. The third-order valence-corrected chi connectivity index (χ3v) is 1.56. The second-order valence-electron chi connectivity index (χ2n) is 2.44. The number of epoxide rings is 1. The third-order valence-electron chi connectivity index (χ3n) is 1.56. The second kappa shape index (κ2) is 2.64. The van der Waals surface area contributed by atoms with Crippen LogP contribution < -0.4 is 10.6 Å². The van der Waals surface area contributed by atoms with Crippen molar-refractivity contribution in [2.75, 3.05) is 7.05 Å². The lowest BCUT2D eigenvalue weighted by molar-refractivity contribution is 0.323. The summed E-state index contributed by atoms with van der Waals surface area (Å²) in [5, 5.41) is 6.29. The number of hydrogen-bond donors (Lipinski definition) is 2. The Morgan fingerprint density at radius 3 is 2.44 bits per heavy atom. The van der Waals surface area contributed by atoms with Gasteiger partial charge in [0.2, 0.25) is 0 Å². The zero-order chi connectivity index (χ0) is 6.85. The van der Waals surface area contributed by atoms with Crippen molar-refractivity contribution in [3.63, 3.8) is 0 Å². The molecule has 54 valence electrons. The van der Waals surface area contributed by atoms with E-state index < -0.39 is 0 Å². The molecule has 3 unspecified atom stereocenters. The van der Waals surface area contributed by atoms with Crippen molar-refractivity contribution in [3.05, 3.63) is 0 Å². The minimum Gasteiger partial charge on any atom is -0.353 e. The van der Waals surface area contributed by atoms with Crippen LogP contribution in [0.3, 0.4) is 0 Å². The van der Waals surface area contributed by atoms with Crippen LogP contribution in [0.4, 0.5) is 0 Å².